The molecule has 0 saturated heterocycles. The first kappa shape index (κ1) is 44.2. The van der Waals surface area contributed by atoms with Crippen molar-refractivity contribution < 1.29 is 0 Å². The van der Waals surface area contributed by atoms with Crippen molar-refractivity contribution in [1.82, 2.24) is 19.5 Å². The molecule has 0 bridgehead atoms. The van der Waals surface area contributed by atoms with Gasteiger partial charge in [0.05, 0.1) is 60.2 Å². The largest absolute Gasteiger partial charge is 0.308 e. The topological polar surface area (TPSA) is 128 Å². The quantitative estimate of drug-likeness (QED) is 0.140. The predicted molar refractivity (Wildman–Crippen MR) is 285 cm³/mol. The zero-order chi connectivity index (χ0) is 50.0. The summed E-state index contributed by atoms with van der Waals surface area (Å²) in [4.78, 5) is 26.5. The molecule has 0 radical (unpaired) electrons. The molecule has 0 N–H and O–H groups in total. The number of rotatable bonds is 8. The molecule has 0 unspecified atom stereocenters. The minimum absolute atomic E-state index is 0.336. The van der Waals surface area contributed by atoms with Crippen LogP contribution in [0.1, 0.15) is 16.7 Å². The van der Waals surface area contributed by atoms with Crippen LogP contribution in [0.15, 0.2) is 194 Å². The standard InChI is InChI=1S/C63H32N10/c1-67-49-19-11-18-44(30-49)54-35-47(63-71-61(41-13-6-4-7-14-41)70-62(72-63)42-15-8-5-9-16-42)34-53(43-17-10-12-39(28-43)36-64)60(54)73-58-26-21-45(51-25-23-50(68-2)31-48(51)38-66)32-55(58)56-33-46(22-27-59(56)73)52-24-20-40(37-65)29-57(52)69-3/h4-35H. The Kier molecular flexibility index (Phi) is 11.3. The SMILES string of the molecule is [C-]#[N+]c1cccc(-c2cc(-c3nc(-c4ccccc4)nc(-c4ccccc4)n3)cc(-c3cccc(C#N)c3)c2-n2c3ccc(-c4ccc([N+]#[C-])cc4C#N)cc3c3cc(-c4ccc(C#N)cc4[N+]#[C-])ccc32)c1. The lowest BCUT2D eigenvalue weighted by Crippen LogP contribution is -2.04. The van der Waals surface area contributed by atoms with Crippen molar-refractivity contribution in [3.8, 4) is 103 Å². The van der Waals surface area contributed by atoms with Gasteiger partial charge in [-0.1, -0.05) is 121 Å². The molecule has 2 aromatic heterocycles. The lowest BCUT2D eigenvalue weighted by molar-refractivity contribution is 1.07. The molecule has 10 nitrogen and oxygen atoms in total. The van der Waals surface area contributed by atoms with E-state index >= 15 is 0 Å². The van der Waals surface area contributed by atoms with Crippen LogP contribution in [0.4, 0.5) is 17.1 Å². The van der Waals surface area contributed by atoms with Crippen LogP contribution in [0.5, 0.6) is 0 Å². The van der Waals surface area contributed by atoms with Gasteiger partial charge < -0.3 is 4.57 Å². The molecule has 0 fully saturated rings. The summed E-state index contributed by atoms with van der Waals surface area (Å²) in [7, 11) is 0. The van der Waals surface area contributed by atoms with Crippen LogP contribution in [0, 0.1) is 53.7 Å². The van der Waals surface area contributed by atoms with Crippen molar-refractivity contribution >= 4 is 38.9 Å². The maximum Gasteiger partial charge on any atom is 0.196 e. The molecule has 0 aliphatic carbocycles. The third-order valence-electron chi connectivity index (χ3n) is 12.8. The molecular formula is C63H32N10. The van der Waals surface area contributed by atoms with Gasteiger partial charge in [0.1, 0.15) is 0 Å². The Hall–Kier alpha value is -11.3. The summed E-state index contributed by atoms with van der Waals surface area (Å²) in [6.07, 6.45) is 0. The monoisotopic (exact) mass is 928 g/mol. The van der Waals surface area contributed by atoms with Crippen LogP contribution in [-0.4, -0.2) is 19.5 Å². The highest BCUT2D eigenvalue weighted by atomic mass is 15.0. The minimum Gasteiger partial charge on any atom is -0.308 e. The van der Waals surface area contributed by atoms with Crippen LogP contribution in [-0.2, 0) is 0 Å². The highest BCUT2D eigenvalue weighted by Gasteiger charge is 2.25. The Bertz CT molecular complexity index is 4070. The second-order valence-corrected chi connectivity index (χ2v) is 17.0. The summed E-state index contributed by atoms with van der Waals surface area (Å²) in [6.45, 7) is 23.8. The van der Waals surface area contributed by atoms with E-state index in [4.69, 9.17) is 34.7 Å². The maximum atomic E-state index is 10.3. The molecule has 73 heavy (non-hydrogen) atoms. The van der Waals surface area contributed by atoms with Crippen LogP contribution in [0.3, 0.4) is 0 Å². The van der Waals surface area contributed by atoms with E-state index in [1.807, 2.05) is 146 Å². The van der Waals surface area contributed by atoms with Crippen molar-refractivity contribution in [2.75, 3.05) is 0 Å². The highest BCUT2D eigenvalue weighted by Crippen LogP contribution is 2.46. The van der Waals surface area contributed by atoms with Gasteiger partial charge in [-0.15, -0.1) is 0 Å². The van der Waals surface area contributed by atoms with Gasteiger partial charge in [-0.3, -0.25) is 0 Å². The van der Waals surface area contributed by atoms with Crippen molar-refractivity contribution in [3.63, 3.8) is 0 Å². The molecule has 9 aromatic carbocycles. The van der Waals surface area contributed by atoms with Crippen LogP contribution < -0.4 is 0 Å². The molecule has 0 aliphatic heterocycles. The molecule has 10 heteroatoms. The average molecular weight is 929 g/mol. The van der Waals surface area contributed by atoms with Crippen molar-refractivity contribution in [2.45, 2.75) is 0 Å². The minimum atomic E-state index is 0.336. The number of benzene rings is 9. The van der Waals surface area contributed by atoms with E-state index in [1.165, 1.54) is 0 Å². The van der Waals surface area contributed by atoms with Gasteiger partial charge >= 0.3 is 0 Å². The summed E-state index contributed by atoms with van der Waals surface area (Å²) in [5, 5.41) is 32.0. The van der Waals surface area contributed by atoms with Gasteiger partial charge in [0.25, 0.3) is 0 Å². The summed E-state index contributed by atoms with van der Waals surface area (Å²) in [6, 6.07) is 67.6. The van der Waals surface area contributed by atoms with Crippen LogP contribution >= 0.6 is 0 Å². The summed E-state index contributed by atoms with van der Waals surface area (Å²) in [5.41, 5.74) is 12.7. The summed E-state index contributed by atoms with van der Waals surface area (Å²) >= 11 is 0. The molecule has 0 aliphatic rings. The lowest BCUT2D eigenvalue weighted by Gasteiger charge is -2.21. The fourth-order valence-electron chi connectivity index (χ4n) is 9.36. The third kappa shape index (κ3) is 8.11. The second kappa shape index (κ2) is 18.7. The van der Waals surface area contributed by atoms with Gasteiger partial charge in [-0.2, -0.15) is 15.8 Å². The van der Waals surface area contributed by atoms with E-state index < -0.39 is 0 Å². The van der Waals surface area contributed by atoms with Crippen molar-refractivity contribution in [1.29, 1.82) is 15.8 Å². The number of hydrogen-bond donors (Lipinski definition) is 0. The van der Waals surface area contributed by atoms with Gasteiger partial charge in [-0.05, 0) is 106 Å². The van der Waals surface area contributed by atoms with E-state index in [2.05, 4.69) is 37.3 Å². The summed E-state index contributed by atoms with van der Waals surface area (Å²) in [5.74, 6) is 1.38. The van der Waals surface area contributed by atoms with Crippen molar-refractivity contribution in [3.05, 3.63) is 245 Å². The zero-order valence-electron chi connectivity index (χ0n) is 38.4. The van der Waals surface area contributed by atoms with E-state index in [0.717, 1.165) is 72.0 Å². The third-order valence-corrected chi connectivity index (χ3v) is 12.8. The van der Waals surface area contributed by atoms with Gasteiger partial charge in [0.15, 0.2) is 34.5 Å². The Morgan fingerprint density at radius 3 is 1.45 bits per heavy atom. The first-order valence-electron chi connectivity index (χ1n) is 22.8. The number of aromatic nitrogens is 4. The fraction of sp³-hybridized carbons (Fsp3) is 0. The maximum absolute atomic E-state index is 10.3. The predicted octanol–water partition coefficient (Wildman–Crippen LogP) is 15.9. The number of fused-ring (bicyclic) bond motifs is 3. The molecular weight excluding hydrogens is 897 g/mol. The number of hydrogen-bond acceptors (Lipinski definition) is 6. The molecule has 11 aromatic rings. The molecule has 0 spiro atoms. The molecule has 0 saturated carbocycles. The first-order valence-corrected chi connectivity index (χ1v) is 22.8. The molecule has 0 atom stereocenters. The van der Waals surface area contributed by atoms with E-state index in [0.29, 0.717) is 67.9 Å². The normalized spacial score (nSPS) is 10.7. The van der Waals surface area contributed by atoms with E-state index in [-0.39, 0.29) is 0 Å². The summed E-state index contributed by atoms with van der Waals surface area (Å²) < 4.78 is 2.19. The lowest BCUT2D eigenvalue weighted by atomic mass is 9.91. The highest BCUT2D eigenvalue weighted by molar-refractivity contribution is 6.13. The average Bonchev–Trinajstić information content (AvgIpc) is 3.79. The first-order chi connectivity index (χ1) is 35.9. The van der Waals surface area contributed by atoms with Gasteiger partial charge in [-0.25, -0.2) is 29.5 Å². The molecule has 0 amide bonds. The fourth-order valence-corrected chi connectivity index (χ4v) is 9.36. The molecule has 2 heterocycles. The zero-order valence-corrected chi connectivity index (χ0v) is 38.4. The number of nitriles is 3. The van der Waals surface area contributed by atoms with Gasteiger partial charge in [0.2, 0.25) is 0 Å². The molecule has 11 rings (SSSR count). The Labute approximate surface area is 420 Å². The Balaban J connectivity index is 1.28. The Morgan fingerprint density at radius 2 is 0.877 bits per heavy atom. The smallest absolute Gasteiger partial charge is 0.196 e. The second-order valence-electron chi connectivity index (χ2n) is 17.0. The van der Waals surface area contributed by atoms with E-state index in [9.17, 15) is 15.8 Å². The van der Waals surface area contributed by atoms with Crippen LogP contribution in [0.2, 0.25) is 0 Å². The number of nitrogens with zero attached hydrogens (tertiary/aromatic N) is 10. The van der Waals surface area contributed by atoms with Crippen molar-refractivity contribution in [2.24, 2.45) is 0 Å². The van der Waals surface area contributed by atoms with E-state index in [1.54, 1.807) is 48.5 Å². The Morgan fingerprint density at radius 1 is 0.370 bits per heavy atom. The van der Waals surface area contributed by atoms with Gasteiger partial charge in [0, 0.05) is 49.7 Å². The van der Waals surface area contributed by atoms with Crippen LogP contribution in [0.25, 0.3) is 121 Å². The molecule has 334 valence electrons.